The van der Waals surface area contributed by atoms with E-state index >= 15 is 0 Å². The van der Waals surface area contributed by atoms with E-state index in [1.165, 1.54) is 18.2 Å². The molecule has 0 atom stereocenters. The summed E-state index contributed by atoms with van der Waals surface area (Å²) >= 11 is 2.90. The molecule has 0 aromatic heterocycles. The molecule has 1 aliphatic heterocycles. The molecule has 0 saturated carbocycles. The number of nitrogens with zero attached hydrogens (tertiary/aromatic N) is 1. The first kappa shape index (κ1) is 27.6. The minimum atomic E-state index is -0.609. The predicted molar refractivity (Wildman–Crippen MR) is 154 cm³/mol. The van der Waals surface area contributed by atoms with Crippen molar-refractivity contribution in [2.75, 3.05) is 18.5 Å². The first-order valence-corrected chi connectivity index (χ1v) is 13.6. The van der Waals surface area contributed by atoms with E-state index in [0.717, 1.165) is 37.4 Å². The van der Waals surface area contributed by atoms with Crippen molar-refractivity contribution in [1.29, 1.82) is 0 Å². The number of carbonyl (C=O) groups is 3. The van der Waals surface area contributed by atoms with Gasteiger partial charge in [0.15, 0.2) is 11.5 Å². The Morgan fingerprint density at radius 3 is 2.63 bits per heavy atom. The SMILES string of the molecule is CCOc1cc(/C=C2/SC(=O)N(CC(=O)Nc3cccc(F)c3)C2=O)cc(I)c1OCc1cccc(C)c1. The summed E-state index contributed by atoms with van der Waals surface area (Å²) in [7, 11) is 0. The van der Waals surface area contributed by atoms with E-state index in [0.29, 0.717) is 30.3 Å². The number of imide groups is 1. The molecule has 4 rings (SSSR count). The number of carbonyl (C=O) groups excluding carboxylic acids is 3. The molecule has 3 amide bonds. The number of amides is 3. The Morgan fingerprint density at radius 1 is 1.11 bits per heavy atom. The van der Waals surface area contributed by atoms with Crippen molar-refractivity contribution in [3.8, 4) is 11.5 Å². The molecule has 1 aliphatic rings. The lowest BCUT2D eigenvalue weighted by atomic mass is 10.1. The van der Waals surface area contributed by atoms with Crippen molar-refractivity contribution in [2.45, 2.75) is 20.5 Å². The number of ether oxygens (including phenoxy) is 2. The Morgan fingerprint density at radius 2 is 1.89 bits per heavy atom. The molecule has 1 N–H and O–H groups in total. The van der Waals surface area contributed by atoms with Crippen LogP contribution in [0.2, 0.25) is 0 Å². The fourth-order valence-electron chi connectivity index (χ4n) is 3.73. The number of aryl methyl sites for hydroxylation is 1. The minimum Gasteiger partial charge on any atom is -0.490 e. The van der Waals surface area contributed by atoms with Crippen LogP contribution >= 0.6 is 34.4 Å². The van der Waals surface area contributed by atoms with Crippen LogP contribution in [0.3, 0.4) is 0 Å². The predicted octanol–water partition coefficient (Wildman–Crippen LogP) is 6.39. The van der Waals surface area contributed by atoms with Gasteiger partial charge in [-0.05, 0) is 95.7 Å². The first-order valence-electron chi connectivity index (χ1n) is 11.7. The van der Waals surface area contributed by atoms with E-state index in [2.05, 4.69) is 34.0 Å². The van der Waals surface area contributed by atoms with Gasteiger partial charge in [0.05, 0.1) is 15.1 Å². The Kier molecular flexibility index (Phi) is 9.05. The number of nitrogens with one attached hydrogen (secondary N) is 1. The highest BCUT2D eigenvalue weighted by Crippen LogP contribution is 2.38. The molecule has 0 spiro atoms. The van der Waals surface area contributed by atoms with Gasteiger partial charge in [-0.1, -0.05) is 35.9 Å². The fourth-order valence-corrected chi connectivity index (χ4v) is 5.35. The highest BCUT2D eigenvalue weighted by atomic mass is 127. The number of halogens is 2. The van der Waals surface area contributed by atoms with E-state index in [4.69, 9.17) is 9.47 Å². The normalized spacial score (nSPS) is 14.2. The van der Waals surface area contributed by atoms with Crippen LogP contribution in [0.1, 0.15) is 23.6 Å². The molecule has 0 aliphatic carbocycles. The maximum Gasteiger partial charge on any atom is 0.294 e. The molecule has 1 fully saturated rings. The molecule has 3 aromatic carbocycles. The summed E-state index contributed by atoms with van der Waals surface area (Å²) in [6.07, 6.45) is 1.59. The van der Waals surface area contributed by atoms with Gasteiger partial charge in [-0.2, -0.15) is 0 Å². The van der Waals surface area contributed by atoms with Gasteiger partial charge in [-0.3, -0.25) is 19.3 Å². The molecule has 3 aromatic rings. The van der Waals surface area contributed by atoms with Crippen LogP contribution in [-0.2, 0) is 16.2 Å². The molecule has 1 saturated heterocycles. The maximum absolute atomic E-state index is 13.4. The van der Waals surface area contributed by atoms with Crippen LogP contribution in [-0.4, -0.2) is 35.1 Å². The van der Waals surface area contributed by atoms with Gasteiger partial charge in [-0.25, -0.2) is 4.39 Å². The number of rotatable bonds is 9. The van der Waals surface area contributed by atoms with E-state index in [-0.39, 0.29) is 10.6 Å². The van der Waals surface area contributed by atoms with Crippen LogP contribution in [0.4, 0.5) is 14.9 Å². The highest BCUT2D eigenvalue weighted by Gasteiger charge is 2.36. The lowest BCUT2D eigenvalue weighted by Crippen LogP contribution is -2.36. The maximum atomic E-state index is 13.4. The summed E-state index contributed by atoms with van der Waals surface area (Å²) in [5.41, 5.74) is 3.06. The number of hydrogen-bond acceptors (Lipinski definition) is 6. The smallest absolute Gasteiger partial charge is 0.294 e. The summed E-state index contributed by atoms with van der Waals surface area (Å²) in [4.78, 5) is 38.9. The largest absolute Gasteiger partial charge is 0.490 e. The standard InChI is InChI=1S/C28H24FIN2O5S/c1-3-36-23-12-19(11-22(30)26(23)37-16-18-7-4-6-17(2)10-18)13-24-27(34)32(28(35)38-24)15-25(33)31-21-9-5-8-20(29)14-21/h4-14H,3,15-16H2,1-2H3,(H,31,33)/b24-13+. The molecule has 0 unspecified atom stereocenters. The molecule has 10 heteroatoms. The van der Waals surface area contributed by atoms with Crippen LogP contribution in [0.15, 0.2) is 65.6 Å². The second-order valence-electron chi connectivity index (χ2n) is 8.37. The van der Waals surface area contributed by atoms with Gasteiger partial charge < -0.3 is 14.8 Å². The molecule has 0 bridgehead atoms. The zero-order valence-corrected chi connectivity index (χ0v) is 23.6. The summed E-state index contributed by atoms with van der Waals surface area (Å²) in [5.74, 6) is -0.589. The molecule has 0 radical (unpaired) electrons. The molecule has 1 heterocycles. The summed E-state index contributed by atoms with van der Waals surface area (Å²) in [6, 6.07) is 17.0. The quantitative estimate of drug-likeness (QED) is 0.214. The van der Waals surface area contributed by atoms with E-state index in [9.17, 15) is 18.8 Å². The summed E-state index contributed by atoms with van der Waals surface area (Å²) in [5, 5.41) is 1.93. The van der Waals surface area contributed by atoms with Crippen LogP contribution in [0.25, 0.3) is 6.08 Å². The van der Waals surface area contributed by atoms with Gasteiger partial charge in [-0.15, -0.1) is 0 Å². The second-order valence-corrected chi connectivity index (χ2v) is 10.5. The van der Waals surface area contributed by atoms with Gasteiger partial charge >= 0.3 is 0 Å². The third-order valence-electron chi connectivity index (χ3n) is 5.38. The second kappa shape index (κ2) is 12.4. The van der Waals surface area contributed by atoms with Crippen LogP contribution in [0, 0.1) is 16.3 Å². The average molecular weight is 646 g/mol. The zero-order chi connectivity index (χ0) is 27.2. The first-order chi connectivity index (χ1) is 18.2. The third kappa shape index (κ3) is 6.93. The monoisotopic (exact) mass is 646 g/mol. The summed E-state index contributed by atoms with van der Waals surface area (Å²) in [6.45, 7) is 4.19. The Hall–Kier alpha value is -3.38. The molecule has 196 valence electrons. The fraction of sp³-hybridized carbons (Fsp3) is 0.179. The average Bonchev–Trinajstić information content (AvgIpc) is 3.11. The van der Waals surface area contributed by atoms with Gasteiger partial charge in [0, 0.05) is 5.69 Å². The molecular formula is C28H24FIN2O5S. The van der Waals surface area contributed by atoms with Crippen molar-refractivity contribution in [3.05, 3.63) is 91.6 Å². The van der Waals surface area contributed by atoms with Crippen molar-refractivity contribution in [3.63, 3.8) is 0 Å². The third-order valence-corrected chi connectivity index (χ3v) is 7.09. The lowest BCUT2D eigenvalue weighted by Gasteiger charge is -2.15. The molecule has 38 heavy (non-hydrogen) atoms. The molecule has 7 nitrogen and oxygen atoms in total. The molecular weight excluding hydrogens is 622 g/mol. The minimum absolute atomic E-state index is 0.181. The zero-order valence-electron chi connectivity index (χ0n) is 20.6. The van der Waals surface area contributed by atoms with Gasteiger partial charge in [0.1, 0.15) is 19.0 Å². The van der Waals surface area contributed by atoms with E-state index in [1.807, 2.05) is 38.1 Å². The van der Waals surface area contributed by atoms with Crippen molar-refractivity contribution in [1.82, 2.24) is 4.90 Å². The van der Waals surface area contributed by atoms with Crippen molar-refractivity contribution >= 4 is 63.2 Å². The lowest BCUT2D eigenvalue weighted by molar-refractivity contribution is -0.127. The number of hydrogen-bond donors (Lipinski definition) is 1. The van der Waals surface area contributed by atoms with E-state index in [1.54, 1.807) is 12.1 Å². The van der Waals surface area contributed by atoms with E-state index < -0.39 is 29.4 Å². The number of benzene rings is 3. The summed E-state index contributed by atoms with van der Waals surface area (Å²) < 4.78 is 26.1. The van der Waals surface area contributed by atoms with Crippen molar-refractivity contribution < 1.29 is 28.2 Å². The Labute approximate surface area is 237 Å². The highest BCUT2D eigenvalue weighted by molar-refractivity contribution is 14.1. The van der Waals surface area contributed by atoms with Crippen LogP contribution < -0.4 is 14.8 Å². The number of thioether (sulfide) groups is 1. The van der Waals surface area contributed by atoms with Crippen molar-refractivity contribution in [2.24, 2.45) is 0 Å². The Bertz CT molecular complexity index is 1430. The van der Waals surface area contributed by atoms with Gasteiger partial charge in [0.25, 0.3) is 11.1 Å². The Balaban J connectivity index is 1.49. The topological polar surface area (TPSA) is 84.9 Å². The van der Waals surface area contributed by atoms with Crippen LogP contribution in [0.5, 0.6) is 11.5 Å². The van der Waals surface area contributed by atoms with Gasteiger partial charge in [0.2, 0.25) is 5.91 Å². The number of anilines is 1.